The third-order valence-corrected chi connectivity index (χ3v) is 5.15. The predicted octanol–water partition coefficient (Wildman–Crippen LogP) is 0.448. The zero-order valence-electron chi connectivity index (χ0n) is 11.4. The van der Waals surface area contributed by atoms with E-state index in [1.807, 2.05) is 0 Å². The highest BCUT2D eigenvalue weighted by molar-refractivity contribution is 7.89. The van der Waals surface area contributed by atoms with Crippen LogP contribution in [0, 0.1) is 12.8 Å². The molecule has 0 amide bonds. The van der Waals surface area contributed by atoms with Gasteiger partial charge in [-0.1, -0.05) is 0 Å². The van der Waals surface area contributed by atoms with Crippen LogP contribution in [-0.2, 0) is 10.0 Å². The van der Waals surface area contributed by atoms with E-state index in [4.69, 9.17) is 10.2 Å². The van der Waals surface area contributed by atoms with Crippen LogP contribution in [0.25, 0.3) is 0 Å². The molecule has 0 saturated heterocycles. The number of aryl methyl sites for hydroxylation is 1. The molecule has 0 heterocycles. The van der Waals surface area contributed by atoms with Gasteiger partial charge in [0, 0.05) is 6.54 Å². The van der Waals surface area contributed by atoms with E-state index in [0.29, 0.717) is 12.8 Å². The maximum atomic E-state index is 12.2. The van der Waals surface area contributed by atoms with Crippen LogP contribution >= 0.6 is 0 Å². The first-order valence-electron chi connectivity index (χ1n) is 6.45. The smallest absolute Gasteiger partial charge is 0.339 e. The second-order valence-electron chi connectivity index (χ2n) is 5.28. The number of benzene rings is 1. The number of carbonyl (C=O) groups is 1. The monoisotopic (exact) mass is 315 g/mol. The van der Waals surface area contributed by atoms with Gasteiger partial charge in [0.25, 0.3) is 0 Å². The molecule has 1 aliphatic carbocycles. The van der Waals surface area contributed by atoms with Crippen molar-refractivity contribution in [3.8, 4) is 5.75 Å². The van der Waals surface area contributed by atoms with Gasteiger partial charge in [-0.3, -0.25) is 0 Å². The summed E-state index contributed by atoms with van der Waals surface area (Å²) in [7, 11) is -3.86. The fourth-order valence-corrected chi connectivity index (χ4v) is 3.67. The molecule has 2 rings (SSSR count). The Morgan fingerprint density at radius 1 is 1.38 bits per heavy atom. The molecule has 1 saturated carbocycles. The number of nitrogens with one attached hydrogen (secondary N) is 1. The van der Waals surface area contributed by atoms with E-state index in [0.717, 1.165) is 12.1 Å². The van der Waals surface area contributed by atoms with Crippen molar-refractivity contribution < 1.29 is 28.5 Å². The lowest BCUT2D eigenvalue weighted by Gasteiger charge is -2.31. The third-order valence-electron chi connectivity index (χ3n) is 3.59. The van der Waals surface area contributed by atoms with E-state index in [9.17, 15) is 18.3 Å². The van der Waals surface area contributed by atoms with Crippen LogP contribution in [0.1, 0.15) is 28.8 Å². The fraction of sp³-hybridized carbons (Fsp3) is 0.462. The highest BCUT2D eigenvalue weighted by atomic mass is 32.2. The topological polar surface area (TPSA) is 124 Å². The number of hydrogen-bond donors (Lipinski definition) is 4. The lowest BCUT2D eigenvalue weighted by Crippen LogP contribution is -2.38. The number of aromatic carboxylic acids is 1. The van der Waals surface area contributed by atoms with Gasteiger partial charge in [-0.05, 0) is 43.4 Å². The molecule has 0 bridgehead atoms. The van der Waals surface area contributed by atoms with Crippen LogP contribution in [0.5, 0.6) is 5.75 Å². The summed E-state index contributed by atoms with van der Waals surface area (Å²) in [6, 6.07) is 2.07. The first kappa shape index (κ1) is 15.7. The minimum atomic E-state index is -3.86. The quantitative estimate of drug-likeness (QED) is 0.625. The van der Waals surface area contributed by atoms with Gasteiger partial charge in [-0.25, -0.2) is 17.9 Å². The van der Waals surface area contributed by atoms with Crippen LogP contribution < -0.4 is 4.72 Å². The Morgan fingerprint density at radius 2 is 2.00 bits per heavy atom. The number of rotatable bonds is 5. The summed E-state index contributed by atoms with van der Waals surface area (Å²) in [4.78, 5) is 10.8. The van der Waals surface area contributed by atoms with E-state index in [1.165, 1.54) is 6.92 Å². The number of sulfonamides is 1. The number of phenols is 1. The number of carboxylic acid groups (broad SMARTS) is 1. The molecule has 21 heavy (non-hydrogen) atoms. The van der Waals surface area contributed by atoms with Gasteiger partial charge in [0.15, 0.2) is 0 Å². The van der Waals surface area contributed by atoms with Gasteiger partial charge < -0.3 is 15.3 Å². The Balaban J connectivity index is 2.22. The summed E-state index contributed by atoms with van der Waals surface area (Å²) >= 11 is 0. The predicted molar refractivity (Wildman–Crippen MR) is 73.7 cm³/mol. The van der Waals surface area contributed by atoms with Crippen LogP contribution in [0.15, 0.2) is 17.0 Å². The minimum Gasteiger partial charge on any atom is -0.507 e. The lowest BCUT2D eigenvalue weighted by atomic mass is 9.83. The molecule has 7 nitrogen and oxygen atoms in total. The van der Waals surface area contributed by atoms with Crippen molar-refractivity contribution in [2.45, 2.75) is 30.8 Å². The van der Waals surface area contributed by atoms with Crippen LogP contribution in [0.2, 0.25) is 0 Å². The molecule has 4 N–H and O–H groups in total. The number of aromatic hydroxyl groups is 1. The summed E-state index contributed by atoms with van der Waals surface area (Å²) in [5, 5.41) is 27.6. The lowest BCUT2D eigenvalue weighted by molar-refractivity contribution is 0.0453. The van der Waals surface area contributed by atoms with Gasteiger partial charge in [0.1, 0.15) is 11.3 Å². The molecule has 0 atom stereocenters. The zero-order chi connectivity index (χ0) is 15.8. The Morgan fingerprint density at radius 3 is 2.52 bits per heavy atom. The average molecular weight is 315 g/mol. The molecule has 1 aromatic carbocycles. The minimum absolute atomic E-state index is 0.0890. The summed E-state index contributed by atoms with van der Waals surface area (Å²) < 4.78 is 26.8. The van der Waals surface area contributed by atoms with E-state index < -0.39 is 27.3 Å². The maximum Gasteiger partial charge on any atom is 0.339 e. The Labute approximate surface area is 122 Å². The van der Waals surface area contributed by atoms with E-state index >= 15 is 0 Å². The molecule has 1 fully saturated rings. The van der Waals surface area contributed by atoms with Crippen molar-refractivity contribution in [1.29, 1.82) is 0 Å². The van der Waals surface area contributed by atoms with E-state index in [1.54, 1.807) is 0 Å². The molecule has 0 aliphatic heterocycles. The normalized spacial score (nSPS) is 21.8. The van der Waals surface area contributed by atoms with E-state index in [2.05, 4.69) is 4.72 Å². The molecular formula is C13H17NO6S. The Hall–Kier alpha value is -1.64. The summed E-state index contributed by atoms with van der Waals surface area (Å²) in [5.74, 6) is -1.78. The van der Waals surface area contributed by atoms with Crippen molar-refractivity contribution in [2.24, 2.45) is 5.92 Å². The molecule has 1 aromatic rings. The van der Waals surface area contributed by atoms with Crippen molar-refractivity contribution in [1.82, 2.24) is 4.72 Å². The number of aliphatic hydroxyl groups excluding tert-OH is 1. The molecular weight excluding hydrogens is 298 g/mol. The first-order valence-corrected chi connectivity index (χ1v) is 7.93. The van der Waals surface area contributed by atoms with Crippen molar-refractivity contribution in [3.05, 3.63) is 23.3 Å². The van der Waals surface area contributed by atoms with Gasteiger partial charge in [0.05, 0.1) is 11.0 Å². The van der Waals surface area contributed by atoms with Gasteiger partial charge in [0.2, 0.25) is 10.0 Å². The van der Waals surface area contributed by atoms with Gasteiger partial charge in [-0.15, -0.1) is 0 Å². The maximum absolute atomic E-state index is 12.2. The second kappa shape index (κ2) is 5.63. The van der Waals surface area contributed by atoms with Crippen molar-refractivity contribution >= 4 is 16.0 Å². The van der Waals surface area contributed by atoms with Crippen LogP contribution in [-0.4, -0.2) is 42.4 Å². The third kappa shape index (κ3) is 3.34. The number of hydrogen-bond acceptors (Lipinski definition) is 5. The number of aliphatic hydroxyl groups is 1. The highest BCUT2D eigenvalue weighted by Gasteiger charge is 2.29. The Kier molecular flexibility index (Phi) is 4.22. The number of carboxylic acids is 1. The fourth-order valence-electron chi connectivity index (χ4n) is 2.31. The summed E-state index contributed by atoms with van der Waals surface area (Å²) in [6.07, 6.45) is 0.739. The summed E-state index contributed by atoms with van der Waals surface area (Å²) in [5.41, 5.74) is -0.196. The van der Waals surface area contributed by atoms with Crippen LogP contribution in [0.3, 0.4) is 0 Å². The average Bonchev–Trinajstić information content (AvgIpc) is 2.32. The molecule has 0 aromatic heterocycles. The Bertz CT molecular complexity index is 663. The highest BCUT2D eigenvalue weighted by Crippen LogP contribution is 2.28. The molecule has 8 heteroatoms. The van der Waals surface area contributed by atoms with Crippen LogP contribution in [0.4, 0.5) is 0 Å². The second-order valence-corrected chi connectivity index (χ2v) is 7.02. The van der Waals surface area contributed by atoms with Crippen molar-refractivity contribution in [3.63, 3.8) is 0 Å². The summed E-state index contributed by atoms with van der Waals surface area (Å²) in [6.45, 7) is 1.68. The molecule has 1 aliphatic rings. The molecule has 0 radical (unpaired) electrons. The van der Waals surface area contributed by atoms with Gasteiger partial charge in [-0.2, -0.15) is 0 Å². The molecule has 0 spiro atoms. The largest absolute Gasteiger partial charge is 0.507 e. The zero-order valence-corrected chi connectivity index (χ0v) is 12.2. The first-order chi connectivity index (χ1) is 9.70. The van der Waals surface area contributed by atoms with E-state index in [-0.39, 0.29) is 29.0 Å². The molecule has 116 valence electrons. The standard InChI is InChI=1S/C13H17NO6S/c1-7-2-11(16)10(13(17)18)5-12(7)21(19,20)14-6-8-3-9(15)4-8/h2,5,8-9,14-16H,3-4,6H2,1H3,(H,17,18). The van der Waals surface area contributed by atoms with Crippen molar-refractivity contribution in [2.75, 3.05) is 6.54 Å². The molecule has 0 unspecified atom stereocenters. The SMILES string of the molecule is Cc1cc(O)c(C(=O)O)cc1S(=O)(=O)NCC1CC(O)C1. The van der Waals surface area contributed by atoms with Gasteiger partial charge >= 0.3 is 5.97 Å².